The first-order chi connectivity index (χ1) is 25.6. The lowest BCUT2D eigenvalue weighted by Crippen LogP contribution is -2.49. The monoisotopic (exact) mass is 763 g/mol. The number of nitrogens with one attached hydrogen (secondary N) is 4. The van der Waals surface area contributed by atoms with Gasteiger partial charge in [-0.2, -0.15) is 0 Å². The van der Waals surface area contributed by atoms with Gasteiger partial charge in [-0.15, -0.1) is 23.5 Å². The first kappa shape index (κ1) is 40.8. The number of hydrogen-bond acceptors (Lipinski definition) is 10. The Morgan fingerprint density at radius 2 is 1.19 bits per heavy atom. The molecule has 1 heterocycles. The zero-order valence-electron chi connectivity index (χ0n) is 29.2. The number of aliphatic hydroxyl groups is 2. The van der Waals surface area contributed by atoms with Crippen LogP contribution in [-0.2, 0) is 30.5 Å². The molecule has 13 nitrogen and oxygen atoms in total. The molecular formula is C38H45N5O8S2. The smallest absolute Gasteiger partial charge is 0.243 e. The second-order valence-corrected chi connectivity index (χ2v) is 14.2. The molecule has 3 aromatic carbocycles. The number of benzene rings is 3. The molecule has 0 aliphatic heterocycles. The third-order valence-electron chi connectivity index (χ3n) is 8.16. The summed E-state index contributed by atoms with van der Waals surface area (Å²) in [5.41, 5.74) is 2.93. The molecule has 0 saturated carbocycles. The topological polar surface area (TPSA) is 202 Å². The van der Waals surface area contributed by atoms with Crippen LogP contribution in [0.3, 0.4) is 0 Å². The second kappa shape index (κ2) is 20.3. The molecule has 4 rings (SSSR count). The lowest BCUT2D eigenvalue weighted by Gasteiger charge is -2.36. The van der Waals surface area contributed by atoms with Gasteiger partial charge in [0.2, 0.25) is 29.5 Å². The molecule has 0 spiro atoms. The Kier molecular flexibility index (Phi) is 15.6. The maximum atomic E-state index is 13.4. The molecule has 0 aliphatic carbocycles. The van der Waals surface area contributed by atoms with Crippen LogP contribution in [0, 0.1) is 0 Å². The predicted octanol–water partition coefficient (Wildman–Crippen LogP) is 2.31. The zero-order valence-corrected chi connectivity index (χ0v) is 30.9. The van der Waals surface area contributed by atoms with E-state index in [1.54, 1.807) is 0 Å². The van der Waals surface area contributed by atoms with E-state index in [0.717, 1.165) is 33.0 Å². The minimum Gasteiger partial charge on any atom is -0.494 e. The van der Waals surface area contributed by atoms with Crippen LogP contribution in [0.4, 0.5) is 0 Å². The Morgan fingerprint density at radius 3 is 1.64 bits per heavy atom. The van der Waals surface area contributed by atoms with Crippen molar-refractivity contribution in [2.75, 3.05) is 37.8 Å². The van der Waals surface area contributed by atoms with Gasteiger partial charge in [0, 0.05) is 50.6 Å². The van der Waals surface area contributed by atoms with E-state index in [1.807, 2.05) is 91.0 Å². The van der Waals surface area contributed by atoms with E-state index in [9.17, 15) is 34.5 Å². The van der Waals surface area contributed by atoms with E-state index in [-0.39, 0.29) is 67.4 Å². The number of rotatable bonds is 20. The van der Waals surface area contributed by atoms with Gasteiger partial charge in [-0.3, -0.25) is 23.7 Å². The summed E-state index contributed by atoms with van der Waals surface area (Å²) >= 11 is 2.50. The molecule has 0 saturated heterocycles. The number of aliphatic hydroxyl groups excluding tert-OH is 2. The van der Waals surface area contributed by atoms with E-state index < -0.39 is 40.5 Å². The molecule has 0 aliphatic rings. The molecule has 2 atom stereocenters. The summed E-state index contributed by atoms with van der Waals surface area (Å²) in [6.45, 7) is 0.547. The van der Waals surface area contributed by atoms with Crippen molar-refractivity contribution in [3.63, 3.8) is 0 Å². The molecule has 0 radical (unpaired) electrons. The summed E-state index contributed by atoms with van der Waals surface area (Å²) in [5.74, 6) is -2.49. The molecule has 53 heavy (non-hydrogen) atoms. The average Bonchev–Trinajstić information content (AvgIpc) is 3.45. The molecule has 0 bridgehead atoms. The van der Waals surface area contributed by atoms with Crippen molar-refractivity contribution in [3.8, 4) is 11.8 Å². The number of aromatic nitrogens is 1. The Labute approximate surface area is 316 Å². The molecule has 8 N–H and O–H groups in total. The highest BCUT2D eigenvalue weighted by Crippen LogP contribution is 2.48. The third kappa shape index (κ3) is 11.0. The Morgan fingerprint density at radius 1 is 0.717 bits per heavy atom. The standard InChI is InChI=1S/C38H45N5O8S2/c1-26(46)41-30(35(49)39-18-21-44)24-52-32-23-34(48)43(37(32)51)20-17-33(47)42-31(36(50)40-19-22-45)25-53-38(27-11-5-2-6-12-27,28-13-7-3-8-14-28)29-15-9-4-10-16-29/h2-16,23,30-31,44-45,48,51H,17-22,24-25H2,1H3,(H,39,49)(H,40,50)(H,41,46)(H,42,47). The van der Waals surface area contributed by atoms with Gasteiger partial charge in [0.25, 0.3) is 0 Å². The second-order valence-electron chi connectivity index (χ2n) is 11.9. The van der Waals surface area contributed by atoms with E-state index >= 15 is 0 Å². The highest BCUT2D eigenvalue weighted by atomic mass is 32.2. The SMILES string of the molecule is CC(=O)NC(CSc1cc(O)n(CCC(=O)NC(CSC(c2ccccc2)(c2ccccc2)c2ccccc2)C(=O)NCCO)c1O)C(=O)NCCO. The van der Waals surface area contributed by atoms with Gasteiger partial charge >= 0.3 is 0 Å². The van der Waals surface area contributed by atoms with Crippen molar-refractivity contribution < 1.29 is 39.6 Å². The Bertz CT molecular complexity index is 1700. The van der Waals surface area contributed by atoms with Crippen molar-refractivity contribution in [1.82, 2.24) is 25.8 Å². The first-order valence-corrected chi connectivity index (χ1v) is 19.0. The summed E-state index contributed by atoms with van der Waals surface area (Å²) in [4.78, 5) is 51.2. The molecular weight excluding hydrogens is 719 g/mol. The summed E-state index contributed by atoms with van der Waals surface area (Å²) in [6.07, 6.45) is -0.215. The Balaban J connectivity index is 1.52. The highest BCUT2D eigenvalue weighted by molar-refractivity contribution is 8.00. The van der Waals surface area contributed by atoms with E-state index in [1.165, 1.54) is 24.8 Å². The van der Waals surface area contributed by atoms with Crippen LogP contribution >= 0.6 is 23.5 Å². The average molecular weight is 764 g/mol. The Hall–Kier alpha value is -4.96. The molecule has 4 amide bonds. The minimum atomic E-state index is -1.02. The van der Waals surface area contributed by atoms with Crippen molar-refractivity contribution in [2.24, 2.45) is 0 Å². The van der Waals surface area contributed by atoms with Crippen molar-refractivity contribution >= 4 is 47.2 Å². The zero-order chi connectivity index (χ0) is 38.2. The number of carbonyl (C=O) groups excluding carboxylic acids is 4. The van der Waals surface area contributed by atoms with Crippen LogP contribution in [0.1, 0.15) is 30.0 Å². The van der Waals surface area contributed by atoms with Crippen molar-refractivity contribution in [3.05, 3.63) is 114 Å². The maximum absolute atomic E-state index is 13.4. The predicted molar refractivity (Wildman–Crippen MR) is 204 cm³/mol. The summed E-state index contributed by atoms with van der Waals surface area (Å²) in [5, 5.41) is 50.4. The normalized spacial score (nSPS) is 12.4. The molecule has 0 fully saturated rings. The minimum absolute atomic E-state index is 0.000649. The van der Waals surface area contributed by atoms with Gasteiger partial charge in [0.05, 0.1) is 22.9 Å². The molecule has 2 unspecified atom stereocenters. The van der Waals surface area contributed by atoms with Gasteiger partial charge in [0.15, 0.2) is 5.88 Å². The first-order valence-electron chi connectivity index (χ1n) is 17.0. The van der Waals surface area contributed by atoms with E-state index in [4.69, 9.17) is 5.11 Å². The van der Waals surface area contributed by atoms with Gasteiger partial charge in [-0.1, -0.05) is 91.0 Å². The number of amides is 4. The largest absolute Gasteiger partial charge is 0.494 e. The van der Waals surface area contributed by atoms with Gasteiger partial charge in [0.1, 0.15) is 12.1 Å². The highest BCUT2D eigenvalue weighted by Gasteiger charge is 2.38. The number of hydrogen-bond donors (Lipinski definition) is 8. The van der Waals surface area contributed by atoms with Crippen LogP contribution in [0.2, 0.25) is 0 Å². The van der Waals surface area contributed by atoms with Crippen LogP contribution in [0.5, 0.6) is 11.8 Å². The van der Waals surface area contributed by atoms with Gasteiger partial charge in [-0.05, 0) is 16.7 Å². The maximum Gasteiger partial charge on any atom is 0.243 e. The van der Waals surface area contributed by atoms with Crippen LogP contribution < -0.4 is 21.3 Å². The lowest BCUT2D eigenvalue weighted by molar-refractivity contribution is -0.128. The molecule has 1 aromatic heterocycles. The third-order valence-corrected chi connectivity index (χ3v) is 10.9. The van der Waals surface area contributed by atoms with E-state index in [0.29, 0.717) is 0 Å². The van der Waals surface area contributed by atoms with Crippen LogP contribution in [0.15, 0.2) is 102 Å². The fraction of sp³-hybridized carbons (Fsp3) is 0.316. The van der Waals surface area contributed by atoms with E-state index in [2.05, 4.69) is 21.3 Å². The number of nitrogens with zero attached hydrogens (tertiary/aromatic N) is 1. The molecule has 15 heteroatoms. The number of carbonyl (C=O) groups is 4. The molecule has 282 valence electrons. The fourth-order valence-electron chi connectivity index (χ4n) is 5.67. The lowest BCUT2D eigenvalue weighted by atomic mass is 9.84. The fourth-order valence-corrected chi connectivity index (χ4v) is 8.24. The quantitative estimate of drug-likeness (QED) is 0.0488. The summed E-state index contributed by atoms with van der Waals surface area (Å²) < 4.78 is 0.362. The number of thioether (sulfide) groups is 2. The van der Waals surface area contributed by atoms with Crippen LogP contribution in [0.25, 0.3) is 0 Å². The van der Waals surface area contributed by atoms with Crippen molar-refractivity contribution in [2.45, 2.75) is 41.6 Å². The summed E-state index contributed by atoms with van der Waals surface area (Å²) in [6, 6.07) is 29.0. The summed E-state index contributed by atoms with van der Waals surface area (Å²) in [7, 11) is 0. The van der Waals surface area contributed by atoms with Crippen LogP contribution in [-0.4, -0.2) is 98.5 Å². The van der Waals surface area contributed by atoms with Crippen molar-refractivity contribution in [1.29, 1.82) is 0 Å². The van der Waals surface area contributed by atoms with Gasteiger partial charge in [-0.25, -0.2) is 0 Å². The molecule has 4 aromatic rings. The number of aromatic hydroxyl groups is 2. The van der Waals surface area contributed by atoms with Gasteiger partial charge < -0.3 is 41.7 Å².